The maximum Gasteiger partial charge on any atom is 0.243 e. The van der Waals surface area contributed by atoms with Crippen LogP contribution in [-0.4, -0.2) is 59.7 Å². The minimum absolute atomic E-state index is 0.0440. The lowest BCUT2D eigenvalue weighted by atomic mass is 10.2. The smallest absolute Gasteiger partial charge is 0.243 e. The summed E-state index contributed by atoms with van der Waals surface area (Å²) in [4.78, 5) is 9.78. The van der Waals surface area contributed by atoms with Crippen molar-refractivity contribution in [1.29, 1.82) is 0 Å². The SMILES string of the molecule is COc1cccc(OC)c1-n1c(NS(=O)(=O)[C@@H](C)[C@@H](OC)c2nc(C)c(C)s2)nnc1-c1cncc(C)c1. The van der Waals surface area contributed by atoms with Crippen molar-refractivity contribution in [3.8, 4) is 28.6 Å². The normalized spacial score (nSPS) is 13.2. The van der Waals surface area contributed by atoms with Crippen LogP contribution >= 0.6 is 11.3 Å². The van der Waals surface area contributed by atoms with E-state index < -0.39 is 21.4 Å². The fourth-order valence-corrected chi connectivity index (χ4v) is 6.30. The Bertz CT molecular complexity index is 1510. The summed E-state index contributed by atoms with van der Waals surface area (Å²) in [7, 11) is 0.449. The number of thiazole rings is 1. The fraction of sp³-hybridized carbons (Fsp3) is 0.360. The summed E-state index contributed by atoms with van der Waals surface area (Å²) < 4.78 is 48.4. The maximum absolute atomic E-state index is 13.7. The van der Waals surface area contributed by atoms with E-state index >= 15 is 0 Å². The molecule has 0 aliphatic rings. The summed E-state index contributed by atoms with van der Waals surface area (Å²) in [6, 6.07) is 7.13. The van der Waals surface area contributed by atoms with E-state index in [-0.39, 0.29) is 5.95 Å². The predicted molar refractivity (Wildman–Crippen MR) is 146 cm³/mol. The molecular weight excluding hydrogens is 528 g/mol. The number of hydrogen-bond donors (Lipinski definition) is 1. The third-order valence-corrected chi connectivity index (χ3v) is 8.94. The Kier molecular flexibility index (Phi) is 7.99. The molecule has 0 fully saturated rings. The summed E-state index contributed by atoms with van der Waals surface area (Å²) in [6.07, 6.45) is 2.55. The van der Waals surface area contributed by atoms with E-state index in [2.05, 4.69) is 24.9 Å². The highest BCUT2D eigenvalue weighted by Gasteiger charge is 2.35. The summed E-state index contributed by atoms with van der Waals surface area (Å²) in [5.74, 6) is 1.17. The van der Waals surface area contributed by atoms with E-state index in [1.54, 1.807) is 42.1 Å². The molecule has 0 saturated carbocycles. The third kappa shape index (κ3) is 5.22. The highest BCUT2D eigenvalue weighted by atomic mass is 32.2. The first-order valence-electron chi connectivity index (χ1n) is 11.7. The molecule has 4 aromatic rings. The number of benzene rings is 1. The quantitative estimate of drug-likeness (QED) is 0.304. The lowest BCUT2D eigenvalue weighted by molar-refractivity contribution is 0.102. The van der Waals surface area contributed by atoms with Crippen LogP contribution in [0.2, 0.25) is 0 Å². The second kappa shape index (κ2) is 11.1. The van der Waals surface area contributed by atoms with Gasteiger partial charge in [-0.2, -0.15) is 0 Å². The van der Waals surface area contributed by atoms with Crippen LogP contribution in [0.25, 0.3) is 17.1 Å². The zero-order chi connectivity index (χ0) is 27.6. The van der Waals surface area contributed by atoms with Gasteiger partial charge in [-0.15, -0.1) is 21.5 Å². The van der Waals surface area contributed by atoms with Crippen LogP contribution in [0.3, 0.4) is 0 Å². The van der Waals surface area contributed by atoms with Gasteiger partial charge < -0.3 is 14.2 Å². The number of aromatic nitrogens is 5. The van der Waals surface area contributed by atoms with Gasteiger partial charge in [-0.3, -0.25) is 14.3 Å². The molecule has 0 bridgehead atoms. The van der Waals surface area contributed by atoms with E-state index in [1.165, 1.54) is 32.7 Å². The molecule has 38 heavy (non-hydrogen) atoms. The van der Waals surface area contributed by atoms with Crippen LogP contribution < -0.4 is 14.2 Å². The van der Waals surface area contributed by atoms with Gasteiger partial charge in [0.15, 0.2) is 5.82 Å². The Labute approximate surface area is 225 Å². The summed E-state index contributed by atoms with van der Waals surface area (Å²) in [5, 5.41) is 8.13. The van der Waals surface area contributed by atoms with Gasteiger partial charge in [0.05, 0.1) is 19.9 Å². The molecule has 2 atom stereocenters. The summed E-state index contributed by atoms with van der Waals surface area (Å²) in [6.45, 7) is 7.28. The molecule has 0 amide bonds. The van der Waals surface area contributed by atoms with Crippen LogP contribution in [0.5, 0.6) is 11.5 Å². The molecule has 11 nitrogen and oxygen atoms in total. The number of methoxy groups -OCH3 is 3. The second-order valence-corrected chi connectivity index (χ2v) is 11.9. The third-order valence-electron chi connectivity index (χ3n) is 6.11. The van der Waals surface area contributed by atoms with E-state index in [0.29, 0.717) is 33.6 Å². The number of hydrogen-bond acceptors (Lipinski definition) is 10. The van der Waals surface area contributed by atoms with Crippen molar-refractivity contribution in [3.05, 3.63) is 57.8 Å². The minimum Gasteiger partial charge on any atom is -0.494 e. The van der Waals surface area contributed by atoms with Gasteiger partial charge in [0.25, 0.3) is 0 Å². The highest BCUT2D eigenvalue weighted by Crippen LogP contribution is 2.38. The molecule has 0 unspecified atom stereocenters. The fourth-order valence-electron chi connectivity index (χ4n) is 3.97. The number of pyridine rings is 1. The monoisotopic (exact) mass is 558 g/mol. The predicted octanol–water partition coefficient (Wildman–Crippen LogP) is 4.25. The molecular formula is C25H30N6O5S2. The highest BCUT2D eigenvalue weighted by molar-refractivity contribution is 7.93. The van der Waals surface area contributed by atoms with Crippen LogP contribution in [-0.2, 0) is 14.8 Å². The average Bonchev–Trinajstić information content (AvgIpc) is 3.45. The largest absolute Gasteiger partial charge is 0.494 e. The second-order valence-electron chi connectivity index (χ2n) is 8.65. The Morgan fingerprint density at radius 2 is 1.71 bits per heavy atom. The van der Waals surface area contributed by atoms with Crippen molar-refractivity contribution >= 4 is 27.3 Å². The van der Waals surface area contributed by atoms with Crippen molar-refractivity contribution in [2.45, 2.75) is 39.0 Å². The van der Waals surface area contributed by atoms with Gasteiger partial charge in [-0.05, 0) is 51.5 Å². The van der Waals surface area contributed by atoms with Crippen molar-refractivity contribution in [2.75, 3.05) is 26.1 Å². The van der Waals surface area contributed by atoms with E-state index in [9.17, 15) is 8.42 Å². The van der Waals surface area contributed by atoms with E-state index in [4.69, 9.17) is 14.2 Å². The lowest BCUT2D eigenvalue weighted by Crippen LogP contribution is -2.32. The number of rotatable bonds is 10. The number of para-hydroxylation sites is 1. The van der Waals surface area contributed by atoms with Crippen LogP contribution in [0.15, 0.2) is 36.7 Å². The van der Waals surface area contributed by atoms with Crippen molar-refractivity contribution in [1.82, 2.24) is 24.7 Å². The molecule has 0 aliphatic heterocycles. The lowest BCUT2D eigenvalue weighted by Gasteiger charge is -2.22. The Morgan fingerprint density at radius 3 is 2.26 bits per heavy atom. The van der Waals surface area contributed by atoms with Gasteiger partial charge in [-0.1, -0.05) is 6.07 Å². The van der Waals surface area contributed by atoms with E-state index in [0.717, 1.165) is 16.1 Å². The topological polar surface area (TPSA) is 130 Å². The van der Waals surface area contributed by atoms with E-state index in [1.807, 2.05) is 26.8 Å². The van der Waals surface area contributed by atoms with Crippen LogP contribution in [0, 0.1) is 20.8 Å². The van der Waals surface area contributed by atoms with Crippen molar-refractivity contribution in [3.63, 3.8) is 0 Å². The number of anilines is 1. The van der Waals surface area contributed by atoms with Crippen molar-refractivity contribution < 1.29 is 22.6 Å². The number of sulfonamides is 1. The van der Waals surface area contributed by atoms with Crippen LogP contribution in [0.1, 0.15) is 34.2 Å². The molecule has 202 valence electrons. The molecule has 0 spiro atoms. The Hall–Kier alpha value is -3.55. The molecule has 0 radical (unpaired) electrons. The molecule has 0 aliphatic carbocycles. The Balaban J connectivity index is 1.85. The molecule has 1 N–H and O–H groups in total. The van der Waals surface area contributed by atoms with Gasteiger partial charge >= 0.3 is 0 Å². The molecule has 3 heterocycles. The first kappa shape index (κ1) is 27.5. The average molecular weight is 559 g/mol. The Morgan fingerprint density at radius 1 is 1.03 bits per heavy atom. The van der Waals surface area contributed by atoms with Crippen LogP contribution in [0.4, 0.5) is 5.95 Å². The standard InChI is InChI=1S/C25H30N6O5S2/c1-14-11-18(13-26-12-14)23-28-29-25(31(23)21-19(34-5)9-8-10-20(21)35-6)30-38(32,33)17(4)22(36-7)24-27-15(2)16(3)37-24/h8-13,17,22H,1-7H3,(H,29,30)/t17-,22+/m0/s1. The molecule has 1 aromatic carbocycles. The number of ether oxygens (including phenoxy) is 3. The van der Waals surface area contributed by atoms with Gasteiger partial charge in [0, 0.05) is 29.9 Å². The van der Waals surface area contributed by atoms with Gasteiger partial charge in [-0.25, -0.2) is 13.4 Å². The number of nitrogens with zero attached hydrogens (tertiary/aromatic N) is 5. The minimum atomic E-state index is -4.05. The zero-order valence-electron chi connectivity index (χ0n) is 22.2. The van der Waals surface area contributed by atoms with Gasteiger partial charge in [0.2, 0.25) is 16.0 Å². The summed E-state index contributed by atoms with van der Waals surface area (Å²) >= 11 is 1.41. The number of nitrogens with one attached hydrogen (secondary N) is 1. The molecule has 0 saturated heterocycles. The first-order valence-corrected chi connectivity index (χ1v) is 14.0. The molecule has 13 heteroatoms. The van der Waals surface area contributed by atoms with Gasteiger partial charge in [0.1, 0.15) is 33.5 Å². The summed E-state index contributed by atoms with van der Waals surface area (Å²) in [5.41, 5.74) is 2.80. The molecule has 3 aromatic heterocycles. The zero-order valence-corrected chi connectivity index (χ0v) is 23.8. The maximum atomic E-state index is 13.7. The number of aryl methyl sites for hydroxylation is 3. The van der Waals surface area contributed by atoms with Crippen molar-refractivity contribution in [2.24, 2.45) is 0 Å². The molecule has 4 rings (SSSR count). The first-order chi connectivity index (χ1) is 18.1.